The average Bonchev–Trinajstić information content (AvgIpc) is 2.51. The number of nitrogens with zero attached hydrogens (tertiary/aromatic N) is 1. The SMILES string of the molecule is COc1ccc(CC(=O)NN=Cc2ccc(O)c(Br)c2)cc1. The molecule has 114 valence electrons. The molecule has 0 radical (unpaired) electrons. The van der Waals surface area contributed by atoms with Gasteiger partial charge in [-0.25, -0.2) is 5.43 Å². The van der Waals surface area contributed by atoms with Crippen LogP contribution in [0, 0.1) is 0 Å². The number of carbonyl (C=O) groups excluding carboxylic acids is 1. The molecule has 0 atom stereocenters. The highest BCUT2D eigenvalue weighted by Crippen LogP contribution is 2.23. The minimum atomic E-state index is -0.209. The number of phenolic OH excluding ortho intramolecular Hbond substituents is 1. The van der Waals surface area contributed by atoms with Gasteiger partial charge in [-0.05, 0) is 57.4 Å². The maximum Gasteiger partial charge on any atom is 0.244 e. The summed E-state index contributed by atoms with van der Waals surface area (Å²) in [5, 5.41) is 13.3. The molecule has 2 aromatic carbocycles. The molecular weight excluding hydrogens is 348 g/mol. The van der Waals surface area contributed by atoms with E-state index >= 15 is 0 Å². The van der Waals surface area contributed by atoms with Crippen LogP contribution in [0.1, 0.15) is 11.1 Å². The van der Waals surface area contributed by atoms with Crippen molar-refractivity contribution in [2.75, 3.05) is 7.11 Å². The van der Waals surface area contributed by atoms with Gasteiger partial charge in [-0.3, -0.25) is 4.79 Å². The van der Waals surface area contributed by atoms with Gasteiger partial charge in [0.25, 0.3) is 0 Å². The molecule has 0 bridgehead atoms. The largest absolute Gasteiger partial charge is 0.507 e. The fourth-order valence-electron chi connectivity index (χ4n) is 1.75. The highest BCUT2D eigenvalue weighted by atomic mass is 79.9. The van der Waals surface area contributed by atoms with Crippen molar-refractivity contribution in [1.82, 2.24) is 5.43 Å². The zero-order valence-electron chi connectivity index (χ0n) is 11.9. The van der Waals surface area contributed by atoms with Gasteiger partial charge in [-0.1, -0.05) is 12.1 Å². The molecule has 0 fully saturated rings. The fourth-order valence-corrected chi connectivity index (χ4v) is 2.15. The van der Waals surface area contributed by atoms with Crippen LogP contribution in [0.3, 0.4) is 0 Å². The van der Waals surface area contributed by atoms with Crippen LogP contribution >= 0.6 is 15.9 Å². The Hall–Kier alpha value is -2.34. The van der Waals surface area contributed by atoms with Crippen LogP contribution in [0.15, 0.2) is 52.0 Å². The number of hydrogen-bond donors (Lipinski definition) is 2. The molecule has 0 spiro atoms. The normalized spacial score (nSPS) is 10.6. The molecule has 6 heteroatoms. The number of methoxy groups -OCH3 is 1. The lowest BCUT2D eigenvalue weighted by atomic mass is 10.1. The van der Waals surface area contributed by atoms with E-state index < -0.39 is 0 Å². The van der Waals surface area contributed by atoms with Crippen LogP contribution in [0.25, 0.3) is 0 Å². The van der Waals surface area contributed by atoms with E-state index in [9.17, 15) is 9.90 Å². The molecule has 0 aromatic heterocycles. The lowest BCUT2D eigenvalue weighted by molar-refractivity contribution is -0.120. The minimum absolute atomic E-state index is 0.153. The van der Waals surface area contributed by atoms with E-state index in [1.54, 1.807) is 37.4 Å². The van der Waals surface area contributed by atoms with E-state index in [1.807, 2.05) is 12.1 Å². The first-order valence-corrected chi connectivity index (χ1v) is 7.31. The second kappa shape index (κ2) is 7.61. The van der Waals surface area contributed by atoms with Gasteiger partial charge in [0.1, 0.15) is 11.5 Å². The Labute approximate surface area is 136 Å². The number of benzene rings is 2. The molecule has 2 rings (SSSR count). The molecule has 0 unspecified atom stereocenters. The number of ether oxygens (including phenoxy) is 1. The van der Waals surface area contributed by atoms with Gasteiger partial charge in [-0.2, -0.15) is 5.10 Å². The molecule has 2 aromatic rings. The summed E-state index contributed by atoms with van der Waals surface area (Å²) in [6, 6.07) is 12.2. The molecule has 2 N–H and O–H groups in total. The first kappa shape index (κ1) is 16.0. The molecule has 0 saturated heterocycles. The molecule has 0 heterocycles. The molecule has 0 saturated carbocycles. The number of amides is 1. The summed E-state index contributed by atoms with van der Waals surface area (Å²) < 4.78 is 5.63. The van der Waals surface area contributed by atoms with Gasteiger partial charge >= 0.3 is 0 Å². The van der Waals surface area contributed by atoms with E-state index in [2.05, 4.69) is 26.5 Å². The highest BCUT2D eigenvalue weighted by molar-refractivity contribution is 9.10. The van der Waals surface area contributed by atoms with E-state index in [0.717, 1.165) is 16.9 Å². The van der Waals surface area contributed by atoms with Crippen molar-refractivity contribution in [2.45, 2.75) is 6.42 Å². The van der Waals surface area contributed by atoms with Gasteiger partial charge in [0, 0.05) is 0 Å². The summed E-state index contributed by atoms with van der Waals surface area (Å²) in [4.78, 5) is 11.8. The Morgan fingerprint density at radius 2 is 2.05 bits per heavy atom. The van der Waals surface area contributed by atoms with Gasteiger partial charge in [0.2, 0.25) is 5.91 Å². The third-order valence-corrected chi connectivity index (χ3v) is 3.53. The Balaban J connectivity index is 1.88. The third kappa shape index (κ3) is 4.60. The van der Waals surface area contributed by atoms with Crippen molar-refractivity contribution < 1.29 is 14.6 Å². The van der Waals surface area contributed by atoms with E-state index in [0.29, 0.717) is 4.47 Å². The summed E-state index contributed by atoms with van der Waals surface area (Å²) in [5.41, 5.74) is 4.10. The Morgan fingerprint density at radius 1 is 1.32 bits per heavy atom. The number of hydrazone groups is 1. The van der Waals surface area contributed by atoms with E-state index in [4.69, 9.17) is 4.74 Å². The Morgan fingerprint density at radius 3 is 2.68 bits per heavy atom. The van der Waals surface area contributed by atoms with Crippen LogP contribution in [-0.4, -0.2) is 24.3 Å². The highest BCUT2D eigenvalue weighted by Gasteiger charge is 2.02. The maximum absolute atomic E-state index is 11.8. The van der Waals surface area contributed by atoms with Crippen LogP contribution in [0.2, 0.25) is 0 Å². The van der Waals surface area contributed by atoms with Crippen LogP contribution < -0.4 is 10.2 Å². The quantitative estimate of drug-likeness (QED) is 0.634. The lowest BCUT2D eigenvalue weighted by Gasteiger charge is -2.03. The monoisotopic (exact) mass is 362 g/mol. The van der Waals surface area contributed by atoms with E-state index in [1.165, 1.54) is 6.21 Å². The average molecular weight is 363 g/mol. The smallest absolute Gasteiger partial charge is 0.244 e. The number of carbonyl (C=O) groups is 1. The van der Waals surface area contributed by atoms with Crippen molar-refractivity contribution in [3.05, 3.63) is 58.1 Å². The number of aromatic hydroxyl groups is 1. The lowest BCUT2D eigenvalue weighted by Crippen LogP contribution is -2.19. The number of nitrogens with one attached hydrogen (secondary N) is 1. The van der Waals surface area contributed by atoms with Crippen molar-refractivity contribution in [1.29, 1.82) is 0 Å². The summed E-state index contributed by atoms with van der Waals surface area (Å²) >= 11 is 3.21. The fraction of sp³-hybridized carbons (Fsp3) is 0.125. The number of hydrogen-bond acceptors (Lipinski definition) is 4. The number of rotatable bonds is 5. The predicted octanol–water partition coefficient (Wildman–Crippen LogP) is 2.86. The van der Waals surface area contributed by atoms with Crippen molar-refractivity contribution in [2.24, 2.45) is 5.10 Å². The zero-order chi connectivity index (χ0) is 15.9. The first-order chi connectivity index (χ1) is 10.6. The maximum atomic E-state index is 11.8. The number of halogens is 1. The van der Waals surface area contributed by atoms with Crippen LogP contribution in [0.4, 0.5) is 0 Å². The molecular formula is C16H15BrN2O3. The summed E-state index contributed by atoms with van der Waals surface area (Å²) in [6.45, 7) is 0. The first-order valence-electron chi connectivity index (χ1n) is 6.52. The molecule has 0 aliphatic heterocycles. The summed E-state index contributed by atoms with van der Waals surface area (Å²) in [7, 11) is 1.60. The second-order valence-corrected chi connectivity index (χ2v) is 5.38. The molecule has 5 nitrogen and oxygen atoms in total. The Bertz CT molecular complexity index is 684. The topological polar surface area (TPSA) is 70.9 Å². The molecule has 0 aliphatic rings. The predicted molar refractivity (Wildman–Crippen MR) is 88.2 cm³/mol. The van der Waals surface area contributed by atoms with Crippen molar-refractivity contribution >= 4 is 28.1 Å². The van der Waals surface area contributed by atoms with Gasteiger partial charge in [0.05, 0.1) is 24.2 Å². The third-order valence-electron chi connectivity index (χ3n) is 2.90. The number of phenols is 1. The standard InChI is InChI=1S/C16H15BrN2O3/c1-22-13-5-2-11(3-6-13)9-16(21)19-18-10-12-4-7-15(20)14(17)8-12/h2-8,10,20H,9H2,1H3,(H,19,21). The molecule has 0 aliphatic carbocycles. The summed E-state index contributed by atoms with van der Waals surface area (Å²) in [5.74, 6) is 0.694. The molecule has 22 heavy (non-hydrogen) atoms. The van der Waals surface area contributed by atoms with Crippen molar-refractivity contribution in [3.8, 4) is 11.5 Å². The van der Waals surface area contributed by atoms with E-state index in [-0.39, 0.29) is 18.1 Å². The van der Waals surface area contributed by atoms with Crippen molar-refractivity contribution in [3.63, 3.8) is 0 Å². The second-order valence-electron chi connectivity index (χ2n) is 4.53. The van der Waals surface area contributed by atoms with Gasteiger partial charge in [0.15, 0.2) is 0 Å². The van der Waals surface area contributed by atoms with Crippen LogP contribution in [-0.2, 0) is 11.2 Å². The Kier molecular flexibility index (Phi) is 5.55. The zero-order valence-corrected chi connectivity index (χ0v) is 13.5. The van der Waals surface area contributed by atoms with Gasteiger partial charge < -0.3 is 9.84 Å². The molecule has 1 amide bonds. The minimum Gasteiger partial charge on any atom is -0.507 e. The summed E-state index contributed by atoms with van der Waals surface area (Å²) in [6.07, 6.45) is 1.75. The van der Waals surface area contributed by atoms with Crippen LogP contribution in [0.5, 0.6) is 11.5 Å². The van der Waals surface area contributed by atoms with Gasteiger partial charge in [-0.15, -0.1) is 0 Å².